The summed E-state index contributed by atoms with van der Waals surface area (Å²) < 4.78 is 37.9. The molecule has 7 nitrogen and oxygen atoms in total. The molecular weight excluding hydrogens is 364 g/mol. The quantitative estimate of drug-likeness (QED) is 0.707. The number of ether oxygens (including phenoxy) is 2. The highest BCUT2D eigenvalue weighted by molar-refractivity contribution is 7.98. The van der Waals surface area contributed by atoms with Crippen LogP contribution in [0, 0.1) is 0 Å². The third kappa shape index (κ3) is 5.18. The molecule has 0 spiro atoms. The molecule has 1 amide bonds. The largest absolute Gasteiger partial charge is 0.383 e. The number of rotatable bonds is 7. The third-order valence-electron chi connectivity index (χ3n) is 3.78. The first-order valence-corrected chi connectivity index (χ1v) is 10.7. The number of nitrogens with zero attached hydrogens (tertiary/aromatic N) is 1. The van der Waals surface area contributed by atoms with Crippen molar-refractivity contribution in [1.82, 2.24) is 9.62 Å². The fraction of sp³-hybridized carbons (Fsp3) is 0.562. The minimum absolute atomic E-state index is 0.0739. The molecular formula is C16H24N2O5S2. The number of morpholine rings is 1. The maximum absolute atomic E-state index is 12.8. The molecule has 1 aromatic rings. The number of benzene rings is 1. The molecule has 0 radical (unpaired) electrons. The lowest BCUT2D eigenvalue weighted by Crippen LogP contribution is -2.41. The van der Waals surface area contributed by atoms with Gasteiger partial charge in [-0.05, 0) is 31.4 Å². The molecule has 1 aliphatic rings. The number of carbonyl (C=O) groups excluding carboxylic acids is 1. The summed E-state index contributed by atoms with van der Waals surface area (Å²) in [7, 11) is -2.22. The number of sulfonamides is 1. The second-order valence-electron chi connectivity index (χ2n) is 5.74. The lowest BCUT2D eigenvalue weighted by molar-refractivity contribution is 0.0300. The first-order valence-electron chi connectivity index (χ1n) is 7.95. The van der Waals surface area contributed by atoms with Gasteiger partial charge in [0, 0.05) is 31.1 Å². The van der Waals surface area contributed by atoms with Crippen molar-refractivity contribution in [3.63, 3.8) is 0 Å². The van der Waals surface area contributed by atoms with Crippen molar-refractivity contribution < 1.29 is 22.7 Å². The maximum Gasteiger partial charge on any atom is 0.255 e. The molecule has 1 fully saturated rings. The predicted molar refractivity (Wildman–Crippen MR) is 96.6 cm³/mol. The van der Waals surface area contributed by atoms with Crippen LogP contribution in [0.2, 0.25) is 0 Å². The monoisotopic (exact) mass is 388 g/mol. The molecule has 1 atom stereocenters. The van der Waals surface area contributed by atoms with Crippen molar-refractivity contribution in [3.8, 4) is 0 Å². The third-order valence-corrected chi connectivity index (χ3v) is 6.17. The molecule has 9 heteroatoms. The molecule has 1 saturated heterocycles. The Hall–Kier alpha value is -1.13. The molecule has 1 N–H and O–H groups in total. The van der Waals surface area contributed by atoms with Crippen LogP contribution in [-0.2, 0) is 19.5 Å². The number of hydrogen-bond donors (Lipinski definition) is 1. The van der Waals surface area contributed by atoms with E-state index in [4.69, 9.17) is 9.47 Å². The molecule has 0 aromatic heterocycles. The molecule has 1 aromatic carbocycles. The van der Waals surface area contributed by atoms with E-state index in [1.165, 1.54) is 31.0 Å². The zero-order valence-electron chi connectivity index (χ0n) is 14.6. The SMILES string of the molecule is COC[C@@H](C)NS(=O)(=O)c1ccc(SC)c(C(=O)N2CCOCC2)c1. The number of nitrogens with one attached hydrogen (secondary N) is 1. The average molecular weight is 389 g/mol. The van der Waals surface area contributed by atoms with Crippen molar-refractivity contribution in [2.45, 2.75) is 22.8 Å². The lowest BCUT2D eigenvalue weighted by atomic mass is 10.2. The standard InChI is InChI=1S/C16H24N2O5S2/c1-12(11-22-2)17-25(20,21)13-4-5-15(24-3)14(10-13)16(19)18-6-8-23-9-7-18/h4-5,10,12,17H,6-9,11H2,1-3H3/t12-/m1/s1. The van der Waals surface area contributed by atoms with Gasteiger partial charge < -0.3 is 14.4 Å². The zero-order valence-corrected chi connectivity index (χ0v) is 16.3. The summed E-state index contributed by atoms with van der Waals surface area (Å²) in [5.41, 5.74) is 0.400. The van der Waals surface area contributed by atoms with Crippen LogP contribution in [0.5, 0.6) is 0 Å². The Morgan fingerprint density at radius 1 is 1.40 bits per heavy atom. The van der Waals surface area contributed by atoms with Crippen LogP contribution in [-0.4, -0.2) is 71.5 Å². The van der Waals surface area contributed by atoms with Gasteiger partial charge in [0.1, 0.15) is 0 Å². The molecule has 0 unspecified atom stereocenters. The summed E-state index contributed by atoms with van der Waals surface area (Å²) in [6.07, 6.45) is 1.86. The summed E-state index contributed by atoms with van der Waals surface area (Å²) >= 11 is 1.42. The Bertz CT molecular complexity index is 702. The van der Waals surface area contributed by atoms with Crippen molar-refractivity contribution >= 4 is 27.7 Å². The van der Waals surface area contributed by atoms with Gasteiger partial charge in [-0.15, -0.1) is 11.8 Å². The van der Waals surface area contributed by atoms with Crippen LogP contribution in [0.3, 0.4) is 0 Å². The molecule has 0 bridgehead atoms. The first-order chi connectivity index (χ1) is 11.9. The van der Waals surface area contributed by atoms with Gasteiger partial charge in [-0.25, -0.2) is 13.1 Å². The Kier molecular flexibility index (Phi) is 7.26. The average Bonchev–Trinajstić information content (AvgIpc) is 2.61. The molecule has 140 valence electrons. The van der Waals surface area contributed by atoms with Gasteiger partial charge in [-0.3, -0.25) is 4.79 Å². The van der Waals surface area contributed by atoms with E-state index in [2.05, 4.69) is 4.72 Å². The van der Waals surface area contributed by atoms with Crippen molar-refractivity contribution in [2.24, 2.45) is 0 Å². The van der Waals surface area contributed by atoms with Crippen LogP contribution in [0.25, 0.3) is 0 Å². The summed E-state index contributed by atoms with van der Waals surface area (Å²) in [4.78, 5) is 15.3. The predicted octanol–water partition coefficient (Wildman–Crippen LogP) is 1.19. The van der Waals surface area contributed by atoms with Crippen LogP contribution in [0.15, 0.2) is 28.0 Å². The van der Waals surface area contributed by atoms with Gasteiger partial charge in [-0.1, -0.05) is 0 Å². The molecule has 1 heterocycles. The minimum Gasteiger partial charge on any atom is -0.383 e. The van der Waals surface area contributed by atoms with Crippen LogP contribution in [0.1, 0.15) is 17.3 Å². The van der Waals surface area contributed by atoms with Gasteiger partial charge in [0.15, 0.2) is 0 Å². The number of hydrogen-bond acceptors (Lipinski definition) is 6. The van der Waals surface area contributed by atoms with Crippen molar-refractivity contribution in [1.29, 1.82) is 0 Å². The second kappa shape index (κ2) is 9.00. The van der Waals surface area contributed by atoms with E-state index in [9.17, 15) is 13.2 Å². The minimum atomic E-state index is -3.73. The molecule has 25 heavy (non-hydrogen) atoms. The number of methoxy groups -OCH3 is 1. The van der Waals surface area contributed by atoms with Gasteiger partial charge in [0.05, 0.1) is 30.3 Å². The maximum atomic E-state index is 12.8. The topological polar surface area (TPSA) is 84.9 Å². The van der Waals surface area contributed by atoms with E-state index >= 15 is 0 Å². The van der Waals surface area contributed by atoms with E-state index in [1.807, 2.05) is 6.26 Å². The van der Waals surface area contributed by atoms with E-state index in [0.29, 0.717) is 31.9 Å². The highest BCUT2D eigenvalue weighted by Crippen LogP contribution is 2.25. The highest BCUT2D eigenvalue weighted by atomic mass is 32.2. The first kappa shape index (κ1) is 20.2. The van der Waals surface area contributed by atoms with Crippen LogP contribution < -0.4 is 4.72 Å². The normalized spacial score (nSPS) is 16.7. The van der Waals surface area contributed by atoms with Crippen LogP contribution >= 0.6 is 11.8 Å². The fourth-order valence-corrected chi connectivity index (χ4v) is 4.40. The molecule has 1 aliphatic heterocycles. The van der Waals surface area contributed by atoms with Gasteiger partial charge in [0.25, 0.3) is 5.91 Å². The van der Waals surface area contributed by atoms with Gasteiger partial charge in [-0.2, -0.15) is 0 Å². The van der Waals surface area contributed by atoms with E-state index in [1.54, 1.807) is 17.9 Å². The zero-order chi connectivity index (χ0) is 18.4. The molecule has 0 saturated carbocycles. The Labute approximate surface area is 153 Å². The molecule has 2 rings (SSSR count). The Morgan fingerprint density at radius 3 is 2.68 bits per heavy atom. The van der Waals surface area contributed by atoms with Crippen molar-refractivity contribution in [3.05, 3.63) is 23.8 Å². The number of amides is 1. The van der Waals surface area contributed by atoms with Crippen LogP contribution in [0.4, 0.5) is 0 Å². The fourth-order valence-electron chi connectivity index (χ4n) is 2.58. The van der Waals surface area contributed by atoms with Gasteiger partial charge in [0.2, 0.25) is 10.0 Å². The summed E-state index contributed by atoms with van der Waals surface area (Å²) in [5, 5.41) is 0. The lowest BCUT2D eigenvalue weighted by Gasteiger charge is -2.27. The summed E-state index contributed by atoms with van der Waals surface area (Å²) in [6, 6.07) is 4.28. The number of thioether (sulfide) groups is 1. The molecule has 0 aliphatic carbocycles. The highest BCUT2D eigenvalue weighted by Gasteiger charge is 2.24. The Balaban J connectivity index is 2.31. The Morgan fingerprint density at radius 2 is 2.08 bits per heavy atom. The summed E-state index contributed by atoms with van der Waals surface area (Å²) in [6.45, 7) is 3.99. The van der Waals surface area contributed by atoms with Gasteiger partial charge >= 0.3 is 0 Å². The van der Waals surface area contributed by atoms with E-state index in [-0.39, 0.29) is 23.5 Å². The number of carbonyl (C=O) groups is 1. The van der Waals surface area contributed by atoms with Crippen molar-refractivity contribution in [2.75, 3.05) is 46.3 Å². The van der Waals surface area contributed by atoms with E-state index in [0.717, 1.165) is 4.90 Å². The summed E-state index contributed by atoms with van der Waals surface area (Å²) in [5.74, 6) is -0.172. The van der Waals surface area contributed by atoms with E-state index < -0.39 is 10.0 Å². The smallest absolute Gasteiger partial charge is 0.255 e. The second-order valence-corrected chi connectivity index (χ2v) is 8.31.